The van der Waals surface area contributed by atoms with Crippen molar-refractivity contribution in [3.8, 4) is 23.2 Å². The van der Waals surface area contributed by atoms with Crippen LogP contribution in [0, 0.1) is 18.3 Å². The Kier molecular flexibility index (Phi) is 6.15. The molecule has 1 atom stereocenters. The molecule has 1 aliphatic rings. The van der Waals surface area contributed by atoms with E-state index < -0.39 is 6.10 Å². The predicted molar refractivity (Wildman–Crippen MR) is 125 cm³/mol. The van der Waals surface area contributed by atoms with E-state index in [1.54, 1.807) is 22.6 Å². The summed E-state index contributed by atoms with van der Waals surface area (Å²) in [6, 6.07) is 9.45. The molecule has 4 aromatic rings. The van der Waals surface area contributed by atoms with E-state index in [4.69, 9.17) is 16.3 Å². The fraction of sp³-hybridized carbons (Fsp3) is 0.348. The van der Waals surface area contributed by atoms with Gasteiger partial charge in [-0.2, -0.15) is 5.26 Å². The fourth-order valence-corrected chi connectivity index (χ4v) is 4.41. The van der Waals surface area contributed by atoms with E-state index in [0.29, 0.717) is 34.0 Å². The number of nitrogens with zero attached hydrogens (tertiary/aromatic N) is 7. The van der Waals surface area contributed by atoms with Crippen molar-refractivity contribution in [1.29, 1.82) is 5.26 Å². The van der Waals surface area contributed by atoms with Crippen molar-refractivity contribution in [1.82, 2.24) is 34.7 Å². The van der Waals surface area contributed by atoms with Crippen LogP contribution in [0.25, 0.3) is 16.9 Å². The summed E-state index contributed by atoms with van der Waals surface area (Å²) in [6.07, 6.45) is 4.20. The molecule has 1 saturated heterocycles. The first-order valence-electron chi connectivity index (χ1n) is 11.0. The number of imidazole rings is 1. The van der Waals surface area contributed by atoms with Crippen molar-refractivity contribution in [3.05, 3.63) is 58.8 Å². The van der Waals surface area contributed by atoms with Gasteiger partial charge in [0.2, 0.25) is 5.88 Å². The van der Waals surface area contributed by atoms with Gasteiger partial charge in [0.25, 0.3) is 0 Å². The Morgan fingerprint density at radius 1 is 1.26 bits per heavy atom. The molecular formula is C23H23ClN8O2. The van der Waals surface area contributed by atoms with E-state index in [1.807, 2.05) is 17.7 Å². The average Bonchev–Trinajstić information content (AvgIpc) is 3.46. The predicted octanol–water partition coefficient (Wildman–Crippen LogP) is 2.86. The number of halogens is 1. The molecule has 1 fully saturated rings. The van der Waals surface area contributed by atoms with Crippen LogP contribution in [0.3, 0.4) is 0 Å². The highest BCUT2D eigenvalue weighted by atomic mass is 35.5. The summed E-state index contributed by atoms with van der Waals surface area (Å²) < 4.78 is 9.78. The van der Waals surface area contributed by atoms with Crippen LogP contribution in [0.1, 0.15) is 42.1 Å². The minimum Gasteiger partial charge on any atom is -0.466 e. The summed E-state index contributed by atoms with van der Waals surface area (Å²) in [5.74, 6) is 0.341. The van der Waals surface area contributed by atoms with E-state index in [9.17, 15) is 10.4 Å². The van der Waals surface area contributed by atoms with Gasteiger partial charge < -0.3 is 15.2 Å². The van der Waals surface area contributed by atoms with E-state index in [1.165, 1.54) is 12.4 Å². The standard InChI is InChI=1S/C23H23ClN8O2/c1-14-23(29-30-32(14)17-4-6-26-7-5-17)15-8-21-28-12-18(10-25)31(21)22(9-15)34-20(13-33)19-3-2-16(24)11-27-19/h2-3,8-9,11-12,17,20,26,33H,4-7,13H2,1H3. The van der Waals surface area contributed by atoms with Crippen LogP contribution in [0.15, 0.2) is 36.7 Å². The van der Waals surface area contributed by atoms with Gasteiger partial charge >= 0.3 is 0 Å². The number of ether oxygens (including phenoxy) is 1. The van der Waals surface area contributed by atoms with Gasteiger partial charge in [0.05, 0.1) is 35.3 Å². The lowest BCUT2D eigenvalue weighted by Gasteiger charge is -2.23. The van der Waals surface area contributed by atoms with Crippen LogP contribution >= 0.6 is 11.6 Å². The summed E-state index contributed by atoms with van der Waals surface area (Å²) >= 11 is 5.95. The molecule has 0 bridgehead atoms. The van der Waals surface area contributed by atoms with Crippen molar-refractivity contribution in [2.24, 2.45) is 0 Å². The normalized spacial score (nSPS) is 15.4. The van der Waals surface area contributed by atoms with E-state index in [2.05, 4.69) is 31.7 Å². The van der Waals surface area contributed by atoms with Crippen molar-refractivity contribution < 1.29 is 9.84 Å². The minimum absolute atomic E-state index is 0.299. The van der Waals surface area contributed by atoms with Crippen molar-refractivity contribution in [2.45, 2.75) is 31.9 Å². The molecule has 0 aliphatic carbocycles. The number of aliphatic hydroxyl groups is 1. The zero-order valence-electron chi connectivity index (χ0n) is 18.5. The number of fused-ring (bicyclic) bond motifs is 1. The van der Waals surface area contributed by atoms with Gasteiger partial charge in [0, 0.05) is 17.8 Å². The number of aliphatic hydroxyl groups excluding tert-OH is 1. The molecule has 174 valence electrons. The van der Waals surface area contributed by atoms with E-state index in [0.717, 1.165) is 42.9 Å². The van der Waals surface area contributed by atoms with Crippen LogP contribution in [0.2, 0.25) is 5.02 Å². The second-order valence-electron chi connectivity index (χ2n) is 8.17. The molecular weight excluding hydrogens is 456 g/mol. The number of hydrogen-bond donors (Lipinski definition) is 2. The second kappa shape index (κ2) is 9.38. The molecule has 4 aromatic heterocycles. The molecule has 0 saturated carbocycles. The highest BCUT2D eigenvalue weighted by Gasteiger charge is 2.23. The third-order valence-corrected chi connectivity index (χ3v) is 6.28. The summed E-state index contributed by atoms with van der Waals surface area (Å²) in [5.41, 5.74) is 3.78. The van der Waals surface area contributed by atoms with Gasteiger partial charge in [-0.3, -0.25) is 9.38 Å². The molecule has 34 heavy (non-hydrogen) atoms. The third-order valence-electron chi connectivity index (χ3n) is 6.05. The maximum atomic E-state index is 10.0. The van der Waals surface area contributed by atoms with Crippen LogP contribution in [-0.2, 0) is 0 Å². The van der Waals surface area contributed by atoms with Crippen molar-refractivity contribution in [3.63, 3.8) is 0 Å². The number of aromatic nitrogens is 6. The monoisotopic (exact) mass is 478 g/mol. The Labute approximate surface area is 200 Å². The molecule has 10 nitrogen and oxygen atoms in total. The smallest absolute Gasteiger partial charge is 0.201 e. The lowest BCUT2D eigenvalue weighted by molar-refractivity contribution is 0.107. The summed E-state index contributed by atoms with van der Waals surface area (Å²) in [6.45, 7) is 3.59. The lowest BCUT2D eigenvalue weighted by atomic mass is 10.1. The Balaban J connectivity index is 1.57. The largest absolute Gasteiger partial charge is 0.466 e. The van der Waals surface area contributed by atoms with Gasteiger partial charge in [-0.25, -0.2) is 9.67 Å². The van der Waals surface area contributed by atoms with E-state index in [-0.39, 0.29) is 6.61 Å². The number of piperidine rings is 1. The molecule has 1 aliphatic heterocycles. The van der Waals surface area contributed by atoms with Crippen LogP contribution in [0.4, 0.5) is 0 Å². The SMILES string of the molecule is Cc1c(-c2cc(OC(CO)c3ccc(Cl)cn3)n3c(C#N)cnc3c2)nnn1C1CCNCC1. The van der Waals surface area contributed by atoms with Gasteiger partial charge in [0.15, 0.2) is 6.10 Å². The molecule has 0 radical (unpaired) electrons. The quantitative estimate of drug-likeness (QED) is 0.433. The number of hydrogen-bond acceptors (Lipinski definition) is 8. The zero-order chi connectivity index (χ0) is 23.7. The van der Waals surface area contributed by atoms with Gasteiger partial charge in [-0.05, 0) is 51.1 Å². The Hall–Kier alpha value is -3.52. The summed E-state index contributed by atoms with van der Waals surface area (Å²) in [5, 5.41) is 32.4. The van der Waals surface area contributed by atoms with Gasteiger partial charge in [-0.1, -0.05) is 16.8 Å². The van der Waals surface area contributed by atoms with Crippen molar-refractivity contribution in [2.75, 3.05) is 19.7 Å². The third kappa shape index (κ3) is 4.09. The molecule has 5 heterocycles. The highest BCUT2D eigenvalue weighted by Crippen LogP contribution is 2.32. The number of nitriles is 1. The first-order chi connectivity index (χ1) is 16.6. The molecule has 2 N–H and O–H groups in total. The molecule has 1 unspecified atom stereocenters. The summed E-state index contributed by atoms with van der Waals surface area (Å²) in [7, 11) is 0. The zero-order valence-corrected chi connectivity index (χ0v) is 19.3. The fourth-order valence-electron chi connectivity index (χ4n) is 4.30. The molecule has 5 rings (SSSR count). The van der Waals surface area contributed by atoms with Gasteiger partial charge in [-0.15, -0.1) is 5.10 Å². The maximum Gasteiger partial charge on any atom is 0.201 e. The topological polar surface area (TPSA) is 126 Å². The van der Waals surface area contributed by atoms with Crippen LogP contribution in [-0.4, -0.2) is 54.2 Å². The molecule has 0 amide bonds. The summed E-state index contributed by atoms with van der Waals surface area (Å²) in [4.78, 5) is 8.65. The molecule has 0 aromatic carbocycles. The Bertz CT molecular complexity index is 1350. The van der Waals surface area contributed by atoms with Crippen LogP contribution < -0.4 is 10.1 Å². The lowest BCUT2D eigenvalue weighted by Crippen LogP contribution is -2.30. The molecule has 0 spiro atoms. The van der Waals surface area contributed by atoms with Crippen molar-refractivity contribution >= 4 is 17.2 Å². The number of pyridine rings is 2. The number of nitrogens with one attached hydrogen (secondary N) is 1. The van der Waals surface area contributed by atoms with Gasteiger partial charge in [0.1, 0.15) is 23.1 Å². The minimum atomic E-state index is -0.767. The Morgan fingerprint density at radius 3 is 2.79 bits per heavy atom. The first-order valence-corrected chi connectivity index (χ1v) is 11.4. The Morgan fingerprint density at radius 2 is 2.09 bits per heavy atom. The molecule has 11 heteroatoms. The average molecular weight is 479 g/mol. The van der Waals surface area contributed by atoms with E-state index >= 15 is 0 Å². The second-order valence-corrected chi connectivity index (χ2v) is 8.61. The number of rotatable bonds is 6. The first kappa shape index (κ1) is 22.3. The maximum absolute atomic E-state index is 10.0. The van der Waals surface area contributed by atoms with Crippen LogP contribution in [0.5, 0.6) is 5.88 Å². The highest BCUT2D eigenvalue weighted by molar-refractivity contribution is 6.30.